The molecule has 1 fully saturated rings. The number of ether oxygens (including phenoxy) is 1. The van der Waals surface area contributed by atoms with E-state index in [9.17, 15) is 9.59 Å². The highest BCUT2D eigenvalue weighted by Crippen LogP contribution is 2.17. The zero-order valence-electron chi connectivity index (χ0n) is 12.9. The Labute approximate surface area is 130 Å². The first-order chi connectivity index (χ1) is 10.7. The van der Waals surface area contributed by atoms with Gasteiger partial charge in [-0.2, -0.15) is 0 Å². The Morgan fingerprint density at radius 2 is 1.73 bits per heavy atom. The van der Waals surface area contributed by atoms with Crippen molar-refractivity contribution in [3.05, 3.63) is 24.3 Å². The first-order valence-corrected chi connectivity index (χ1v) is 7.64. The molecule has 1 aromatic rings. The van der Waals surface area contributed by atoms with Crippen molar-refractivity contribution in [2.75, 3.05) is 37.4 Å². The number of urea groups is 1. The van der Waals surface area contributed by atoms with Crippen LogP contribution in [0.2, 0.25) is 0 Å². The molecule has 0 aromatic heterocycles. The molecule has 0 saturated carbocycles. The zero-order chi connectivity index (χ0) is 15.8. The van der Waals surface area contributed by atoms with Crippen LogP contribution < -0.4 is 10.6 Å². The van der Waals surface area contributed by atoms with Crippen molar-refractivity contribution in [1.82, 2.24) is 4.90 Å². The quantitative estimate of drug-likeness (QED) is 0.898. The fourth-order valence-electron chi connectivity index (χ4n) is 2.48. The molecule has 6 nitrogen and oxygen atoms in total. The number of carbonyl (C=O) groups is 2. The van der Waals surface area contributed by atoms with Gasteiger partial charge in [-0.25, -0.2) is 4.79 Å². The second kappa shape index (κ2) is 8.38. The Kier molecular flexibility index (Phi) is 6.21. The van der Waals surface area contributed by atoms with Crippen molar-refractivity contribution in [3.63, 3.8) is 0 Å². The van der Waals surface area contributed by atoms with Gasteiger partial charge < -0.3 is 20.3 Å². The van der Waals surface area contributed by atoms with Gasteiger partial charge in [0.2, 0.25) is 5.91 Å². The summed E-state index contributed by atoms with van der Waals surface area (Å²) in [4.78, 5) is 25.6. The molecule has 1 aromatic carbocycles. The molecule has 0 aliphatic carbocycles. The Morgan fingerprint density at radius 3 is 2.36 bits per heavy atom. The summed E-state index contributed by atoms with van der Waals surface area (Å²) >= 11 is 0. The molecule has 2 N–H and O–H groups in total. The van der Waals surface area contributed by atoms with Crippen LogP contribution in [-0.4, -0.2) is 43.6 Å². The number of likely N-dealkylation sites (tertiary alicyclic amines) is 1. The van der Waals surface area contributed by atoms with Gasteiger partial charge in [0.25, 0.3) is 0 Å². The molecule has 1 saturated heterocycles. The zero-order valence-corrected chi connectivity index (χ0v) is 12.9. The van der Waals surface area contributed by atoms with Crippen LogP contribution in [0.3, 0.4) is 0 Å². The Balaban J connectivity index is 1.94. The fourth-order valence-corrected chi connectivity index (χ4v) is 2.48. The number of hydrogen-bond donors (Lipinski definition) is 2. The van der Waals surface area contributed by atoms with Gasteiger partial charge in [0, 0.05) is 31.6 Å². The molecule has 120 valence electrons. The number of nitrogens with zero attached hydrogens (tertiary/aromatic N) is 1. The van der Waals surface area contributed by atoms with Crippen LogP contribution >= 0.6 is 0 Å². The number of anilines is 2. The van der Waals surface area contributed by atoms with Crippen molar-refractivity contribution >= 4 is 23.3 Å². The van der Waals surface area contributed by atoms with Crippen molar-refractivity contribution in [1.29, 1.82) is 0 Å². The van der Waals surface area contributed by atoms with Gasteiger partial charge in [-0.05, 0) is 31.0 Å². The molecule has 0 spiro atoms. The molecule has 0 radical (unpaired) electrons. The van der Waals surface area contributed by atoms with E-state index in [1.807, 2.05) is 11.0 Å². The molecule has 0 unspecified atom stereocenters. The maximum absolute atomic E-state index is 12.3. The van der Waals surface area contributed by atoms with Gasteiger partial charge in [0.1, 0.15) is 6.61 Å². The second-order valence-corrected chi connectivity index (χ2v) is 5.39. The van der Waals surface area contributed by atoms with E-state index in [-0.39, 0.29) is 18.5 Å². The van der Waals surface area contributed by atoms with Crippen LogP contribution in [0.15, 0.2) is 24.3 Å². The van der Waals surface area contributed by atoms with Crippen molar-refractivity contribution in [2.24, 2.45) is 0 Å². The van der Waals surface area contributed by atoms with Gasteiger partial charge in [0.05, 0.1) is 0 Å². The molecule has 1 aliphatic rings. The third-order valence-corrected chi connectivity index (χ3v) is 3.57. The van der Waals surface area contributed by atoms with E-state index in [2.05, 4.69) is 10.6 Å². The largest absolute Gasteiger partial charge is 0.375 e. The normalized spacial score (nSPS) is 15.0. The summed E-state index contributed by atoms with van der Waals surface area (Å²) in [6.07, 6.45) is 4.48. The van der Waals surface area contributed by atoms with Gasteiger partial charge >= 0.3 is 6.03 Å². The van der Waals surface area contributed by atoms with E-state index in [0.717, 1.165) is 25.9 Å². The number of hydrogen-bond acceptors (Lipinski definition) is 3. The highest BCUT2D eigenvalue weighted by atomic mass is 16.5. The minimum atomic E-state index is -0.224. The summed E-state index contributed by atoms with van der Waals surface area (Å²) < 4.78 is 4.77. The molecular weight excluding hydrogens is 282 g/mol. The lowest BCUT2D eigenvalue weighted by atomic mass is 10.2. The van der Waals surface area contributed by atoms with Gasteiger partial charge in [-0.1, -0.05) is 18.9 Å². The van der Waals surface area contributed by atoms with Crippen LogP contribution in [0.4, 0.5) is 16.2 Å². The molecule has 0 bridgehead atoms. The number of benzene rings is 1. The smallest absolute Gasteiger partial charge is 0.321 e. The first kappa shape index (κ1) is 16.3. The first-order valence-electron chi connectivity index (χ1n) is 7.64. The molecule has 1 heterocycles. The van der Waals surface area contributed by atoms with Gasteiger partial charge in [-0.15, -0.1) is 0 Å². The summed E-state index contributed by atoms with van der Waals surface area (Å²) in [6.45, 7) is 1.61. The van der Waals surface area contributed by atoms with Crippen molar-refractivity contribution in [3.8, 4) is 0 Å². The summed E-state index contributed by atoms with van der Waals surface area (Å²) in [5.41, 5.74) is 1.31. The van der Waals surface area contributed by atoms with E-state index in [0.29, 0.717) is 11.4 Å². The molecule has 2 rings (SSSR count). The average Bonchev–Trinajstić information content (AvgIpc) is 2.77. The van der Waals surface area contributed by atoms with Crippen LogP contribution in [0.25, 0.3) is 0 Å². The number of nitrogens with one attached hydrogen (secondary N) is 2. The summed E-state index contributed by atoms with van der Waals surface area (Å²) in [5, 5.41) is 5.61. The van der Waals surface area contributed by atoms with Crippen LogP contribution in [0, 0.1) is 0 Å². The van der Waals surface area contributed by atoms with E-state index < -0.39 is 0 Å². The topological polar surface area (TPSA) is 70.7 Å². The summed E-state index contributed by atoms with van der Waals surface area (Å²) in [7, 11) is 1.47. The lowest BCUT2D eigenvalue weighted by molar-refractivity contribution is -0.119. The Hall–Kier alpha value is -2.08. The monoisotopic (exact) mass is 305 g/mol. The predicted molar refractivity (Wildman–Crippen MR) is 86.0 cm³/mol. The minimum absolute atomic E-state index is 0.00433. The molecule has 0 atom stereocenters. The molecule has 1 aliphatic heterocycles. The van der Waals surface area contributed by atoms with Gasteiger partial charge in [0.15, 0.2) is 0 Å². The maximum atomic E-state index is 12.3. The molecule has 6 heteroatoms. The summed E-state index contributed by atoms with van der Waals surface area (Å²) in [6, 6.07) is 7.03. The summed E-state index contributed by atoms with van der Waals surface area (Å²) in [5.74, 6) is -0.224. The molecule has 3 amide bonds. The van der Waals surface area contributed by atoms with E-state index in [1.165, 1.54) is 20.0 Å². The Morgan fingerprint density at radius 1 is 1.09 bits per heavy atom. The van der Waals surface area contributed by atoms with Gasteiger partial charge in [-0.3, -0.25) is 4.79 Å². The number of carbonyl (C=O) groups excluding carboxylic acids is 2. The molecular formula is C16H23N3O3. The predicted octanol–water partition coefficient (Wildman–Crippen LogP) is 2.68. The Bertz CT molecular complexity index is 511. The second-order valence-electron chi connectivity index (χ2n) is 5.39. The highest BCUT2D eigenvalue weighted by molar-refractivity contribution is 5.94. The highest BCUT2D eigenvalue weighted by Gasteiger charge is 2.15. The SMILES string of the molecule is COCC(=O)Nc1cccc(NC(=O)N2CCCCCC2)c1. The van der Waals surface area contributed by atoms with Crippen LogP contribution in [0.1, 0.15) is 25.7 Å². The maximum Gasteiger partial charge on any atom is 0.321 e. The third-order valence-electron chi connectivity index (χ3n) is 3.57. The van der Waals surface area contributed by atoms with E-state index >= 15 is 0 Å². The minimum Gasteiger partial charge on any atom is -0.375 e. The molecule has 22 heavy (non-hydrogen) atoms. The number of methoxy groups -OCH3 is 1. The van der Waals surface area contributed by atoms with Crippen LogP contribution in [0.5, 0.6) is 0 Å². The standard InChI is InChI=1S/C16H23N3O3/c1-22-12-15(20)17-13-7-6-8-14(11-13)18-16(21)19-9-4-2-3-5-10-19/h6-8,11H,2-5,9-10,12H2,1H3,(H,17,20)(H,18,21). The van der Waals surface area contributed by atoms with Crippen molar-refractivity contribution in [2.45, 2.75) is 25.7 Å². The van der Waals surface area contributed by atoms with Crippen LogP contribution in [-0.2, 0) is 9.53 Å². The third kappa shape index (κ3) is 5.04. The van der Waals surface area contributed by atoms with E-state index in [4.69, 9.17) is 4.74 Å². The van der Waals surface area contributed by atoms with Crippen molar-refractivity contribution < 1.29 is 14.3 Å². The van der Waals surface area contributed by atoms with E-state index in [1.54, 1.807) is 18.2 Å². The fraction of sp³-hybridized carbons (Fsp3) is 0.500. The average molecular weight is 305 g/mol. The lowest BCUT2D eigenvalue weighted by Gasteiger charge is -2.21. The number of rotatable bonds is 4. The number of amides is 3. The lowest BCUT2D eigenvalue weighted by Crippen LogP contribution is -2.35.